The third-order valence-corrected chi connectivity index (χ3v) is 2.92. The van der Waals surface area contributed by atoms with Crippen molar-refractivity contribution in [2.45, 2.75) is 0 Å². The van der Waals surface area contributed by atoms with Crippen LogP contribution in [0.15, 0.2) is 40.3 Å². The molecule has 0 amide bonds. The largest absolute Gasteiger partial charge is 0.457 e. The van der Waals surface area contributed by atoms with E-state index in [0.717, 1.165) is 0 Å². The van der Waals surface area contributed by atoms with Crippen molar-refractivity contribution in [2.75, 3.05) is 0 Å². The van der Waals surface area contributed by atoms with Crippen molar-refractivity contribution in [3.63, 3.8) is 0 Å². The third kappa shape index (κ3) is 3.16. The molecular formula is C14H7ClN2O4. The Bertz CT molecular complexity index is 787. The Labute approximate surface area is 124 Å². The summed E-state index contributed by atoms with van der Waals surface area (Å²) in [6, 6.07) is 8.88. The number of nitro benzene ring substituents is 1. The first kappa shape index (κ1) is 14.5. The molecule has 1 aromatic carbocycles. The first-order valence-corrected chi connectivity index (χ1v) is 6.04. The Morgan fingerprint density at radius 1 is 1.38 bits per heavy atom. The fourth-order valence-electron chi connectivity index (χ4n) is 1.64. The molecule has 0 saturated carbocycles. The minimum absolute atomic E-state index is 0.0781. The summed E-state index contributed by atoms with van der Waals surface area (Å²) in [7, 11) is 0. The van der Waals surface area contributed by atoms with Gasteiger partial charge in [0, 0.05) is 23.8 Å². The second kappa shape index (κ2) is 6.03. The van der Waals surface area contributed by atoms with Crippen LogP contribution in [0.5, 0.6) is 0 Å². The highest BCUT2D eigenvalue weighted by Gasteiger charge is 2.13. The Kier molecular flexibility index (Phi) is 4.16. The minimum atomic E-state index is -0.546. The summed E-state index contributed by atoms with van der Waals surface area (Å²) in [5.74, 6) is 0.687. The molecule has 0 spiro atoms. The van der Waals surface area contributed by atoms with E-state index in [1.807, 2.05) is 0 Å². The second-order valence-electron chi connectivity index (χ2n) is 3.95. The average Bonchev–Trinajstić information content (AvgIpc) is 2.92. The van der Waals surface area contributed by atoms with E-state index in [-0.39, 0.29) is 16.3 Å². The highest BCUT2D eigenvalue weighted by Crippen LogP contribution is 2.32. The SMILES string of the molecule is N#CC(C=O)=Cc1ccc(-c2ccc([N+](=O)[O-])cc2Cl)o1. The van der Waals surface area contributed by atoms with Crippen LogP contribution in [0, 0.1) is 21.4 Å². The van der Waals surface area contributed by atoms with Gasteiger partial charge in [-0.15, -0.1) is 0 Å². The van der Waals surface area contributed by atoms with Crippen molar-refractivity contribution in [3.05, 3.63) is 56.8 Å². The highest BCUT2D eigenvalue weighted by molar-refractivity contribution is 6.33. The smallest absolute Gasteiger partial charge is 0.270 e. The van der Waals surface area contributed by atoms with Crippen molar-refractivity contribution < 1.29 is 14.1 Å². The number of allylic oxidation sites excluding steroid dienone is 1. The van der Waals surface area contributed by atoms with Crippen molar-refractivity contribution in [1.82, 2.24) is 0 Å². The van der Waals surface area contributed by atoms with Gasteiger partial charge in [-0.3, -0.25) is 14.9 Å². The van der Waals surface area contributed by atoms with Gasteiger partial charge < -0.3 is 4.42 Å². The van der Waals surface area contributed by atoms with E-state index in [4.69, 9.17) is 21.3 Å². The van der Waals surface area contributed by atoms with Gasteiger partial charge in [0.15, 0.2) is 6.29 Å². The maximum Gasteiger partial charge on any atom is 0.270 e. The van der Waals surface area contributed by atoms with Crippen molar-refractivity contribution in [1.29, 1.82) is 5.26 Å². The predicted molar refractivity (Wildman–Crippen MR) is 75.5 cm³/mol. The van der Waals surface area contributed by atoms with Crippen LogP contribution in [0.4, 0.5) is 5.69 Å². The number of nitro groups is 1. The maximum atomic E-state index is 10.6. The number of halogens is 1. The molecule has 0 atom stereocenters. The number of carbonyl (C=O) groups is 1. The van der Waals surface area contributed by atoms with E-state index < -0.39 is 4.92 Å². The lowest BCUT2D eigenvalue weighted by molar-refractivity contribution is -0.384. The zero-order valence-corrected chi connectivity index (χ0v) is 11.2. The van der Waals surface area contributed by atoms with Gasteiger partial charge in [0.25, 0.3) is 5.69 Å². The molecule has 0 N–H and O–H groups in total. The summed E-state index contributed by atoms with van der Waals surface area (Å²) in [5, 5.41) is 19.5. The summed E-state index contributed by atoms with van der Waals surface area (Å²) in [6.45, 7) is 0. The zero-order valence-electron chi connectivity index (χ0n) is 10.4. The molecule has 7 heteroatoms. The fraction of sp³-hybridized carbons (Fsp3) is 0. The number of hydrogen-bond acceptors (Lipinski definition) is 5. The number of nitriles is 1. The molecule has 104 valence electrons. The highest BCUT2D eigenvalue weighted by atomic mass is 35.5. The Balaban J connectivity index is 2.39. The van der Waals surface area contributed by atoms with Gasteiger partial charge in [-0.2, -0.15) is 5.26 Å². The number of carbonyl (C=O) groups excluding carboxylic acids is 1. The molecule has 0 unspecified atom stereocenters. The van der Waals surface area contributed by atoms with Crippen LogP contribution in [0.3, 0.4) is 0 Å². The van der Waals surface area contributed by atoms with Crippen LogP contribution in [0.25, 0.3) is 17.4 Å². The van der Waals surface area contributed by atoms with Gasteiger partial charge in [-0.25, -0.2) is 0 Å². The predicted octanol–water partition coefficient (Wildman–Crippen LogP) is 3.61. The molecule has 0 bridgehead atoms. The first-order valence-electron chi connectivity index (χ1n) is 5.66. The Morgan fingerprint density at radius 3 is 2.71 bits per heavy atom. The Hall–Kier alpha value is -2.91. The number of benzene rings is 1. The molecule has 21 heavy (non-hydrogen) atoms. The third-order valence-electron chi connectivity index (χ3n) is 2.61. The normalized spacial score (nSPS) is 11.0. The van der Waals surface area contributed by atoms with Crippen LogP contribution in [-0.2, 0) is 4.79 Å². The van der Waals surface area contributed by atoms with Crippen LogP contribution in [0.2, 0.25) is 5.02 Å². The summed E-state index contributed by atoms with van der Waals surface area (Å²) in [4.78, 5) is 20.7. The molecule has 2 rings (SSSR count). The number of rotatable bonds is 4. The molecule has 0 aliphatic heterocycles. The lowest BCUT2D eigenvalue weighted by atomic mass is 10.1. The van der Waals surface area contributed by atoms with Crippen LogP contribution in [-0.4, -0.2) is 11.2 Å². The van der Waals surface area contributed by atoms with E-state index in [9.17, 15) is 14.9 Å². The van der Waals surface area contributed by atoms with E-state index in [1.54, 1.807) is 18.2 Å². The molecule has 1 aromatic heterocycles. The Morgan fingerprint density at radius 2 is 2.14 bits per heavy atom. The number of aldehydes is 1. The summed E-state index contributed by atoms with van der Waals surface area (Å²) >= 11 is 5.99. The fourth-order valence-corrected chi connectivity index (χ4v) is 1.91. The average molecular weight is 303 g/mol. The monoisotopic (exact) mass is 302 g/mol. The van der Waals surface area contributed by atoms with Gasteiger partial charge in [0.2, 0.25) is 0 Å². The molecule has 0 fully saturated rings. The van der Waals surface area contributed by atoms with E-state index >= 15 is 0 Å². The van der Waals surface area contributed by atoms with E-state index in [2.05, 4.69) is 0 Å². The van der Waals surface area contributed by atoms with Gasteiger partial charge in [0.05, 0.1) is 15.5 Å². The first-order chi connectivity index (χ1) is 10.0. The van der Waals surface area contributed by atoms with Crippen LogP contribution < -0.4 is 0 Å². The molecule has 2 aromatic rings. The molecule has 0 radical (unpaired) electrons. The maximum absolute atomic E-state index is 10.6. The van der Waals surface area contributed by atoms with E-state index in [0.29, 0.717) is 23.4 Å². The van der Waals surface area contributed by atoms with Crippen LogP contribution >= 0.6 is 11.6 Å². The van der Waals surface area contributed by atoms with Gasteiger partial charge in [0.1, 0.15) is 17.6 Å². The van der Waals surface area contributed by atoms with Crippen LogP contribution in [0.1, 0.15) is 5.76 Å². The number of nitrogens with zero attached hydrogens (tertiary/aromatic N) is 2. The molecule has 6 nitrogen and oxygen atoms in total. The molecule has 1 heterocycles. The van der Waals surface area contributed by atoms with Crippen molar-refractivity contribution in [2.24, 2.45) is 0 Å². The molecule has 0 aliphatic rings. The standard InChI is InChI=1S/C14H7ClN2O4/c15-13-6-10(17(19)20)1-3-12(13)14-4-2-11(21-14)5-9(7-16)8-18/h1-6,8H. The lowest BCUT2D eigenvalue weighted by Gasteiger charge is -2.00. The zero-order chi connectivity index (χ0) is 15.4. The number of non-ortho nitro benzene ring substituents is 1. The quantitative estimate of drug-likeness (QED) is 0.282. The van der Waals surface area contributed by atoms with Gasteiger partial charge >= 0.3 is 0 Å². The minimum Gasteiger partial charge on any atom is -0.457 e. The van der Waals surface area contributed by atoms with Crippen molar-refractivity contribution >= 4 is 29.7 Å². The van der Waals surface area contributed by atoms with Gasteiger partial charge in [-0.1, -0.05) is 11.6 Å². The second-order valence-corrected chi connectivity index (χ2v) is 4.36. The summed E-state index contributed by atoms with van der Waals surface area (Å²) in [5.41, 5.74) is 0.278. The number of furan rings is 1. The molecular weight excluding hydrogens is 296 g/mol. The van der Waals surface area contributed by atoms with E-state index in [1.165, 1.54) is 24.3 Å². The topological polar surface area (TPSA) is 97.1 Å². The lowest BCUT2D eigenvalue weighted by Crippen LogP contribution is -1.88. The molecule has 0 aliphatic carbocycles. The van der Waals surface area contributed by atoms with Crippen molar-refractivity contribution in [3.8, 4) is 17.4 Å². The molecule has 0 saturated heterocycles. The summed E-state index contributed by atoms with van der Waals surface area (Å²) < 4.78 is 5.44. The van der Waals surface area contributed by atoms with Gasteiger partial charge in [-0.05, 0) is 18.2 Å². The summed E-state index contributed by atoms with van der Waals surface area (Å²) in [6.07, 6.45) is 1.71. The number of hydrogen-bond donors (Lipinski definition) is 0.